The molecule has 0 N–H and O–H groups in total. The number of fused-ring (bicyclic) bond motifs is 1. The van der Waals surface area contributed by atoms with Crippen molar-refractivity contribution in [3.63, 3.8) is 0 Å². The average molecular weight is 339 g/mol. The van der Waals surface area contributed by atoms with Crippen LogP contribution in [0.4, 0.5) is 5.69 Å². The fraction of sp³-hybridized carbons (Fsp3) is 0.333. The van der Waals surface area contributed by atoms with Crippen molar-refractivity contribution in [2.45, 2.75) is 6.67 Å². The van der Waals surface area contributed by atoms with E-state index in [1.54, 1.807) is 22.4 Å². The van der Waals surface area contributed by atoms with E-state index in [0.29, 0.717) is 12.3 Å². The summed E-state index contributed by atoms with van der Waals surface area (Å²) in [6.07, 6.45) is 1.75. The van der Waals surface area contributed by atoms with Crippen molar-refractivity contribution < 1.29 is 4.74 Å². The first-order valence-corrected chi connectivity index (χ1v) is 8.40. The van der Waals surface area contributed by atoms with Crippen molar-refractivity contribution in [1.29, 1.82) is 0 Å². The summed E-state index contributed by atoms with van der Waals surface area (Å²) in [6.45, 7) is 4.17. The highest BCUT2D eigenvalue weighted by atomic mass is 16.5. The average Bonchev–Trinajstić information content (AvgIpc) is 2.98. The van der Waals surface area contributed by atoms with Gasteiger partial charge in [-0.15, -0.1) is 5.10 Å². The number of piperazine rings is 1. The second kappa shape index (κ2) is 6.60. The SMILES string of the molecule is COc1ccc(N2CCN(Cn3nc4ccccn4c3=O)CC2)cc1. The molecule has 0 bridgehead atoms. The van der Waals surface area contributed by atoms with Crippen LogP contribution in [0.5, 0.6) is 5.75 Å². The molecule has 1 saturated heterocycles. The standard InChI is InChI=1S/C18H21N5O2/c1-25-16-7-5-15(6-8-16)21-12-10-20(11-13-21)14-23-18(24)22-9-3-2-4-17(22)19-23/h2-9H,10-14H2,1H3. The Morgan fingerprint density at radius 2 is 1.80 bits per heavy atom. The molecule has 0 saturated carbocycles. The van der Waals surface area contributed by atoms with Gasteiger partial charge in [0.05, 0.1) is 13.8 Å². The van der Waals surface area contributed by atoms with E-state index in [9.17, 15) is 4.79 Å². The van der Waals surface area contributed by atoms with Crippen LogP contribution in [0.2, 0.25) is 0 Å². The summed E-state index contributed by atoms with van der Waals surface area (Å²) in [7, 11) is 1.68. The zero-order valence-corrected chi connectivity index (χ0v) is 14.2. The Labute approximate surface area is 145 Å². The van der Waals surface area contributed by atoms with E-state index in [4.69, 9.17) is 4.74 Å². The second-order valence-corrected chi connectivity index (χ2v) is 6.16. The molecule has 0 unspecified atom stereocenters. The van der Waals surface area contributed by atoms with Gasteiger partial charge in [-0.25, -0.2) is 4.79 Å². The van der Waals surface area contributed by atoms with E-state index in [0.717, 1.165) is 31.9 Å². The van der Waals surface area contributed by atoms with Gasteiger partial charge in [-0.1, -0.05) is 6.07 Å². The molecule has 0 aliphatic carbocycles. The summed E-state index contributed by atoms with van der Waals surface area (Å²) < 4.78 is 8.33. The van der Waals surface area contributed by atoms with Crippen LogP contribution in [0.1, 0.15) is 0 Å². The number of pyridine rings is 1. The quantitative estimate of drug-likeness (QED) is 0.717. The Morgan fingerprint density at radius 1 is 1.04 bits per heavy atom. The van der Waals surface area contributed by atoms with Crippen LogP contribution < -0.4 is 15.3 Å². The largest absolute Gasteiger partial charge is 0.497 e. The molecule has 130 valence electrons. The van der Waals surface area contributed by atoms with Crippen LogP contribution >= 0.6 is 0 Å². The molecule has 1 fully saturated rings. The molecular formula is C18H21N5O2. The van der Waals surface area contributed by atoms with Gasteiger partial charge in [-0.2, -0.15) is 4.68 Å². The first kappa shape index (κ1) is 15.7. The summed E-state index contributed by atoms with van der Waals surface area (Å²) >= 11 is 0. The molecule has 2 aromatic heterocycles. The first-order valence-electron chi connectivity index (χ1n) is 8.40. The van der Waals surface area contributed by atoms with Crippen molar-refractivity contribution in [3.8, 4) is 5.75 Å². The lowest BCUT2D eigenvalue weighted by Crippen LogP contribution is -2.47. The van der Waals surface area contributed by atoms with Gasteiger partial charge in [0.25, 0.3) is 0 Å². The fourth-order valence-electron chi connectivity index (χ4n) is 3.19. The van der Waals surface area contributed by atoms with Crippen molar-refractivity contribution in [2.75, 3.05) is 38.2 Å². The smallest absolute Gasteiger partial charge is 0.351 e. The molecule has 4 rings (SSSR count). The van der Waals surface area contributed by atoms with E-state index in [-0.39, 0.29) is 5.69 Å². The molecule has 0 spiro atoms. The summed E-state index contributed by atoms with van der Waals surface area (Å²) in [6, 6.07) is 13.7. The monoisotopic (exact) mass is 339 g/mol. The zero-order valence-electron chi connectivity index (χ0n) is 14.2. The maximum atomic E-state index is 12.4. The summed E-state index contributed by atoms with van der Waals surface area (Å²) in [5.74, 6) is 0.869. The van der Waals surface area contributed by atoms with Crippen LogP contribution in [0.3, 0.4) is 0 Å². The lowest BCUT2D eigenvalue weighted by molar-refractivity contribution is 0.193. The van der Waals surface area contributed by atoms with Crippen LogP contribution in [-0.2, 0) is 6.67 Å². The third-order valence-electron chi connectivity index (χ3n) is 4.63. The van der Waals surface area contributed by atoms with Crippen molar-refractivity contribution in [2.24, 2.45) is 0 Å². The Hall–Kier alpha value is -2.80. The number of nitrogens with zero attached hydrogens (tertiary/aromatic N) is 5. The van der Waals surface area contributed by atoms with Crippen LogP contribution in [-0.4, -0.2) is 52.4 Å². The zero-order chi connectivity index (χ0) is 17.2. The van der Waals surface area contributed by atoms with Crippen LogP contribution in [0.15, 0.2) is 53.5 Å². The Morgan fingerprint density at radius 3 is 2.48 bits per heavy atom. The van der Waals surface area contributed by atoms with Gasteiger partial charge < -0.3 is 9.64 Å². The molecule has 3 aromatic rings. The van der Waals surface area contributed by atoms with Gasteiger partial charge in [0.1, 0.15) is 5.75 Å². The van der Waals surface area contributed by atoms with E-state index < -0.39 is 0 Å². The van der Waals surface area contributed by atoms with Crippen molar-refractivity contribution >= 4 is 11.3 Å². The number of hydrogen-bond acceptors (Lipinski definition) is 5. The number of benzene rings is 1. The third kappa shape index (κ3) is 3.10. The Balaban J connectivity index is 1.41. The van der Waals surface area contributed by atoms with Gasteiger partial charge in [0.15, 0.2) is 5.65 Å². The molecule has 0 radical (unpaired) electrons. The summed E-state index contributed by atoms with van der Waals surface area (Å²) in [4.78, 5) is 17.0. The number of hydrogen-bond donors (Lipinski definition) is 0. The highest BCUT2D eigenvalue weighted by Gasteiger charge is 2.19. The van der Waals surface area contributed by atoms with E-state index >= 15 is 0 Å². The Kier molecular flexibility index (Phi) is 4.15. The molecule has 1 aliphatic rings. The molecule has 7 nitrogen and oxygen atoms in total. The van der Waals surface area contributed by atoms with E-state index in [2.05, 4.69) is 27.0 Å². The molecule has 0 atom stereocenters. The minimum atomic E-state index is -0.0896. The predicted molar refractivity (Wildman–Crippen MR) is 96.2 cm³/mol. The lowest BCUT2D eigenvalue weighted by atomic mass is 10.2. The van der Waals surface area contributed by atoms with Gasteiger partial charge >= 0.3 is 5.69 Å². The molecule has 0 amide bonds. The minimum Gasteiger partial charge on any atom is -0.497 e. The van der Waals surface area contributed by atoms with Gasteiger partial charge in [0.2, 0.25) is 0 Å². The second-order valence-electron chi connectivity index (χ2n) is 6.16. The van der Waals surface area contributed by atoms with Crippen molar-refractivity contribution in [1.82, 2.24) is 19.1 Å². The van der Waals surface area contributed by atoms with Gasteiger partial charge in [-0.3, -0.25) is 9.30 Å². The first-order chi connectivity index (χ1) is 12.2. The number of anilines is 1. The van der Waals surface area contributed by atoms with E-state index in [1.807, 2.05) is 30.3 Å². The normalized spacial score (nSPS) is 15.6. The minimum absolute atomic E-state index is 0.0896. The number of methoxy groups -OCH3 is 1. The van der Waals surface area contributed by atoms with Crippen LogP contribution in [0, 0.1) is 0 Å². The third-order valence-corrected chi connectivity index (χ3v) is 4.63. The summed E-state index contributed by atoms with van der Waals surface area (Å²) in [5, 5.41) is 4.40. The Bertz CT molecular complexity index is 907. The molecular weight excluding hydrogens is 318 g/mol. The number of aromatic nitrogens is 3. The molecule has 25 heavy (non-hydrogen) atoms. The molecule has 1 aliphatic heterocycles. The van der Waals surface area contributed by atoms with Gasteiger partial charge in [-0.05, 0) is 36.4 Å². The maximum absolute atomic E-state index is 12.4. The summed E-state index contributed by atoms with van der Waals surface area (Å²) in [5.41, 5.74) is 1.79. The highest BCUT2D eigenvalue weighted by molar-refractivity contribution is 5.49. The van der Waals surface area contributed by atoms with Crippen molar-refractivity contribution in [3.05, 3.63) is 59.1 Å². The number of ether oxygens (including phenoxy) is 1. The van der Waals surface area contributed by atoms with Gasteiger partial charge in [0, 0.05) is 38.1 Å². The lowest BCUT2D eigenvalue weighted by Gasteiger charge is -2.35. The maximum Gasteiger partial charge on any atom is 0.351 e. The number of rotatable bonds is 4. The fourth-order valence-corrected chi connectivity index (χ4v) is 3.19. The van der Waals surface area contributed by atoms with Crippen LogP contribution in [0.25, 0.3) is 5.65 Å². The molecule has 7 heteroatoms. The topological polar surface area (TPSA) is 55.0 Å². The highest BCUT2D eigenvalue weighted by Crippen LogP contribution is 2.20. The predicted octanol–water partition coefficient (Wildman–Crippen LogP) is 1.28. The van der Waals surface area contributed by atoms with E-state index in [1.165, 1.54) is 5.69 Å². The molecule has 3 heterocycles. The molecule has 1 aromatic carbocycles.